The monoisotopic (exact) mass is 314 g/mol. The van der Waals surface area contributed by atoms with Crippen LogP contribution in [-0.4, -0.2) is 17.4 Å². The number of oxazole rings is 1. The van der Waals surface area contributed by atoms with E-state index in [0.717, 1.165) is 23.1 Å². The third-order valence-corrected chi connectivity index (χ3v) is 3.62. The highest BCUT2D eigenvalue weighted by atomic mass is 35.5. The molecule has 0 fully saturated rings. The maximum atomic E-state index is 12.0. The second-order valence-corrected chi connectivity index (χ2v) is 5.48. The van der Waals surface area contributed by atoms with Crippen LogP contribution >= 0.6 is 11.6 Å². The van der Waals surface area contributed by atoms with E-state index in [4.69, 9.17) is 16.0 Å². The first-order chi connectivity index (χ1) is 10.6. The number of hydrogen-bond acceptors (Lipinski definition) is 3. The van der Waals surface area contributed by atoms with Gasteiger partial charge in [-0.15, -0.1) is 0 Å². The number of rotatable bonds is 4. The fourth-order valence-electron chi connectivity index (χ4n) is 2.27. The van der Waals surface area contributed by atoms with Gasteiger partial charge in [-0.05, 0) is 48.4 Å². The Morgan fingerprint density at radius 1 is 1.23 bits per heavy atom. The summed E-state index contributed by atoms with van der Waals surface area (Å²) < 4.78 is 5.44. The van der Waals surface area contributed by atoms with Crippen molar-refractivity contribution in [1.29, 1.82) is 0 Å². The summed E-state index contributed by atoms with van der Waals surface area (Å²) in [4.78, 5) is 16.3. The van der Waals surface area contributed by atoms with Crippen LogP contribution in [0, 0.1) is 6.92 Å². The topological polar surface area (TPSA) is 55.1 Å². The van der Waals surface area contributed by atoms with Gasteiger partial charge >= 0.3 is 0 Å². The number of aromatic nitrogens is 1. The number of halogens is 1. The minimum atomic E-state index is -0.102. The molecular weight excluding hydrogens is 300 g/mol. The van der Waals surface area contributed by atoms with Gasteiger partial charge in [0, 0.05) is 24.1 Å². The van der Waals surface area contributed by atoms with Crippen LogP contribution in [-0.2, 0) is 6.42 Å². The lowest BCUT2D eigenvalue weighted by Crippen LogP contribution is -2.25. The maximum Gasteiger partial charge on any atom is 0.251 e. The summed E-state index contributed by atoms with van der Waals surface area (Å²) in [6, 6.07) is 12.7. The van der Waals surface area contributed by atoms with Gasteiger partial charge in [0.2, 0.25) is 0 Å². The summed E-state index contributed by atoms with van der Waals surface area (Å²) in [7, 11) is 0. The quantitative estimate of drug-likeness (QED) is 0.797. The predicted octanol–water partition coefficient (Wildman–Crippen LogP) is 3.76. The van der Waals surface area contributed by atoms with Crippen molar-refractivity contribution < 1.29 is 9.21 Å². The van der Waals surface area contributed by atoms with Crippen LogP contribution < -0.4 is 5.32 Å². The van der Waals surface area contributed by atoms with Gasteiger partial charge in [0.15, 0.2) is 11.5 Å². The molecule has 0 unspecified atom stereocenters. The molecule has 0 radical (unpaired) electrons. The Labute approximate surface area is 133 Å². The Morgan fingerprint density at radius 2 is 2.00 bits per heavy atom. The lowest BCUT2D eigenvalue weighted by molar-refractivity contribution is 0.0954. The fourth-order valence-corrected chi connectivity index (χ4v) is 2.39. The standard InChI is InChI=1S/C17H15ClN2O2/c1-11-20-15-10-12(2-7-16(15)22-11)8-9-19-17(21)13-3-5-14(18)6-4-13/h2-7,10H,8-9H2,1H3,(H,19,21). The number of benzene rings is 2. The van der Waals surface area contributed by atoms with E-state index in [1.165, 1.54) is 0 Å². The average molecular weight is 315 g/mol. The van der Waals surface area contributed by atoms with Gasteiger partial charge in [-0.3, -0.25) is 4.79 Å². The zero-order chi connectivity index (χ0) is 15.5. The van der Waals surface area contributed by atoms with Gasteiger partial charge in [-0.2, -0.15) is 0 Å². The molecule has 0 aliphatic rings. The van der Waals surface area contributed by atoms with E-state index in [2.05, 4.69) is 10.3 Å². The van der Waals surface area contributed by atoms with Crippen molar-refractivity contribution >= 4 is 28.6 Å². The van der Waals surface area contributed by atoms with Crippen LogP contribution in [0.15, 0.2) is 46.9 Å². The molecule has 3 aromatic rings. The van der Waals surface area contributed by atoms with Crippen molar-refractivity contribution in [2.24, 2.45) is 0 Å². The van der Waals surface area contributed by atoms with Crippen molar-refractivity contribution in [3.05, 3.63) is 64.5 Å². The molecule has 1 amide bonds. The Bertz CT molecular complexity index is 809. The van der Waals surface area contributed by atoms with Crippen molar-refractivity contribution in [2.75, 3.05) is 6.54 Å². The van der Waals surface area contributed by atoms with E-state index in [1.807, 2.05) is 25.1 Å². The highest BCUT2D eigenvalue weighted by molar-refractivity contribution is 6.30. The van der Waals surface area contributed by atoms with E-state index < -0.39 is 0 Å². The van der Waals surface area contributed by atoms with Gasteiger partial charge in [0.05, 0.1) is 0 Å². The second-order valence-electron chi connectivity index (χ2n) is 5.05. The maximum absolute atomic E-state index is 12.0. The fraction of sp³-hybridized carbons (Fsp3) is 0.176. The summed E-state index contributed by atoms with van der Waals surface area (Å²) in [5.74, 6) is 0.554. The first-order valence-corrected chi connectivity index (χ1v) is 7.39. The molecule has 0 saturated heterocycles. The molecule has 1 aromatic heterocycles. The zero-order valence-electron chi connectivity index (χ0n) is 12.1. The molecule has 0 saturated carbocycles. The summed E-state index contributed by atoms with van der Waals surface area (Å²) >= 11 is 5.80. The number of amides is 1. The molecule has 112 valence electrons. The third kappa shape index (κ3) is 3.28. The zero-order valence-corrected chi connectivity index (χ0v) is 12.9. The van der Waals surface area contributed by atoms with Crippen LogP contribution in [0.3, 0.4) is 0 Å². The van der Waals surface area contributed by atoms with Crippen molar-refractivity contribution in [2.45, 2.75) is 13.3 Å². The first kappa shape index (κ1) is 14.6. The van der Waals surface area contributed by atoms with Crippen molar-refractivity contribution in [1.82, 2.24) is 10.3 Å². The van der Waals surface area contributed by atoms with Gasteiger partial charge in [0.1, 0.15) is 5.52 Å². The highest BCUT2D eigenvalue weighted by Crippen LogP contribution is 2.17. The number of aryl methyl sites for hydroxylation is 1. The van der Waals surface area contributed by atoms with E-state index in [9.17, 15) is 4.79 Å². The molecule has 4 nitrogen and oxygen atoms in total. The Kier molecular flexibility index (Phi) is 4.11. The molecule has 1 N–H and O–H groups in total. The molecular formula is C17H15ClN2O2. The molecule has 0 aliphatic carbocycles. The number of hydrogen-bond donors (Lipinski definition) is 1. The summed E-state index contributed by atoms with van der Waals surface area (Å²) in [6.07, 6.45) is 0.737. The largest absolute Gasteiger partial charge is 0.441 e. The molecule has 3 rings (SSSR count). The molecule has 1 heterocycles. The Balaban J connectivity index is 1.59. The first-order valence-electron chi connectivity index (χ1n) is 7.02. The van der Waals surface area contributed by atoms with Gasteiger partial charge < -0.3 is 9.73 Å². The molecule has 0 spiro atoms. The molecule has 0 atom stereocenters. The van der Waals surface area contributed by atoms with Crippen LogP contribution in [0.5, 0.6) is 0 Å². The van der Waals surface area contributed by atoms with E-state index in [1.54, 1.807) is 24.3 Å². The van der Waals surface area contributed by atoms with Gasteiger partial charge in [-0.25, -0.2) is 4.98 Å². The number of carbonyl (C=O) groups excluding carboxylic acids is 1. The van der Waals surface area contributed by atoms with E-state index in [0.29, 0.717) is 23.0 Å². The van der Waals surface area contributed by atoms with Crippen LogP contribution in [0.4, 0.5) is 0 Å². The SMILES string of the molecule is Cc1nc2cc(CCNC(=O)c3ccc(Cl)cc3)ccc2o1. The normalized spacial score (nSPS) is 10.8. The van der Waals surface area contributed by atoms with E-state index >= 15 is 0 Å². The molecule has 0 aliphatic heterocycles. The smallest absolute Gasteiger partial charge is 0.251 e. The summed E-state index contributed by atoms with van der Waals surface area (Å²) in [5.41, 5.74) is 3.34. The Hall–Kier alpha value is -2.33. The number of nitrogens with one attached hydrogen (secondary N) is 1. The third-order valence-electron chi connectivity index (χ3n) is 3.36. The summed E-state index contributed by atoms with van der Waals surface area (Å²) in [6.45, 7) is 2.38. The predicted molar refractivity (Wildman–Crippen MR) is 86.2 cm³/mol. The number of carbonyl (C=O) groups is 1. The van der Waals surface area contributed by atoms with Crippen LogP contribution in [0.25, 0.3) is 11.1 Å². The lowest BCUT2D eigenvalue weighted by Gasteiger charge is -2.05. The average Bonchev–Trinajstić information content (AvgIpc) is 2.87. The van der Waals surface area contributed by atoms with Crippen LogP contribution in [0.2, 0.25) is 5.02 Å². The minimum absolute atomic E-state index is 0.102. The number of nitrogens with zero attached hydrogens (tertiary/aromatic N) is 1. The Morgan fingerprint density at radius 3 is 2.77 bits per heavy atom. The molecule has 5 heteroatoms. The highest BCUT2D eigenvalue weighted by Gasteiger charge is 2.06. The minimum Gasteiger partial charge on any atom is -0.441 e. The van der Waals surface area contributed by atoms with Crippen molar-refractivity contribution in [3.63, 3.8) is 0 Å². The number of fused-ring (bicyclic) bond motifs is 1. The lowest BCUT2D eigenvalue weighted by atomic mass is 10.1. The second kappa shape index (κ2) is 6.20. The van der Waals surface area contributed by atoms with Gasteiger partial charge in [-0.1, -0.05) is 17.7 Å². The molecule has 0 bridgehead atoms. The summed E-state index contributed by atoms with van der Waals surface area (Å²) in [5, 5.41) is 3.51. The van der Waals surface area contributed by atoms with Gasteiger partial charge in [0.25, 0.3) is 5.91 Å². The van der Waals surface area contributed by atoms with Crippen LogP contribution in [0.1, 0.15) is 21.8 Å². The molecule has 22 heavy (non-hydrogen) atoms. The van der Waals surface area contributed by atoms with E-state index in [-0.39, 0.29) is 5.91 Å². The van der Waals surface area contributed by atoms with Crippen molar-refractivity contribution in [3.8, 4) is 0 Å². The molecule has 2 aromatic carbocycles.